The van der Waals surface area contributed by atoms with E-state index in [1.165, 1.54) is 0 Å². The van der Waals surface area contributed by atoms with E-state index in [0.717, 1.165) is 25.7 Å². The number of carbonyl (C=O) groups excluding carboxylic acids is 1. The van der Waals surface area contributed by atoms with Crippen molar-refractivity contribution < 1.29 is 9.90 Å². The molecule has 102 valence electrons. The zero-order chi connectivity index (χ0) is 13.3. The second kappa shape index (κ2) is 8.48. The van der Waals surface area contributed by atoms with Gasteiger partial charge in [-0.3, -0.25) is 4.79 Å². The third-order valence-corrected chi connectivity index (χ3v) is 3.60. The Morgan fingerprint density at radius 1 is 1.35 bits per heavy atom. The maximum atomic E-state index is 11.7. The second-order valence-corrected chi connectivity index (χ2v) is 4.89. The molecular formula is C13H28N2O2. The number of aliphatic hydroxyl groups is 1. The van der Waals surface area contributed by atoms with Crippen molar-refractivity contribution >= 4 is 5.91 Å². The summed E-state index contributed by atoms with van der Waals surface area (Å²) < 4.78 is 0. The van der Waals surface area contributed by atoms with Gasteiger partial charge in [-0.05, 0) is 19.3 Å². The molecule has 0 aliphatic heterocycles. The lowest BCUT2D eigenvalue weighted by Gasteiger charge is -2.29. The molecule has 0 radical (unpaired) electrons. The number of amides is 1. The summed E-state index contributed by atoms with van der Waals surface area (Å²) in [7, 11) is 0. The first kappa shape index (κ1) is 16.4. The van der Waals surface area contributed by atoms with Crippen molar-refractivity contribution in [2.75, 3.05) is 13.2 Å². The molecule has 0 aromatic heterocycles. The lowest BCUT2D eigenvalue weighted by Crippen LogP contribution is -2.41. The monoisotopic (exact) mass is 244 g/mol. The summed E-state index contributed by atoms with van der Waals surface area (Å²) in [5.41, 5.74) is 5.64. The molecule has 0 spiro atoms. The lowest BCUT2D eigenvalue weighted by molar-refractivity contribution is -0.122. The number of hydrogen-bond donors (Lipinski definition) is 3. The van der Waals surface area contributed by atoms with Gasteiger partial charge in [0.15, 0.2) is 0 Å². The molecule has 0 saturated heterocycles. The Hall–Kier alpha value is -0.610. The molecule has 0 fully saturated rings. The van der Waals surface area contributed by atoms with Crippen LogP contribution in [-0.4, -0.2) is 30.2 Å². The minimum atomic E-state index is -0.176. The fourth-order valence-corrected chi connectivity index (χ4v) is 1.85. The molecule has 1 amide bonds. The van der Waals surface area contributed by atoms with Gasteiger partial charge in [-0.25, -0.2) is 0 Å². The highest BCUT2D eigenvalue weighted by atomic mass is 16.3. The fourth-order valence-electron chi connectivity index (χ4n) is 1.85. The molecule has 17 heavy (non-hydrogen) atoms. The topological polar surface area (TPSA) is 75.4 Å². The molecule has 0 aliphatic rings. The van der Waals surface area contributed by atoms with Crippen molar-refractivity contribution in [1.82, 2.24) is 5.32 Å². The zero-order valence-electron chi connectivity index (χ0n) is 11.5. The predicted octanol–water partition coefficient (Wildman–Crippen LogP) is 1.42. The first-order valence-electron chi connectivity index (χ1n) is 6.66. The van der Waals surface area contributed by atoms with E-state index < -0.39 is 0 Å². The summed E-state index contributed by atoms with van der Waals surface area (Å²) in [6.45, 7) is 6.78. The molecule has 0 aromatic carbocycles. The smallest absolute Gasteiger partial charge is 0.221 e. The molecule has 4 heteroatoms. The Morgan fingerprint density at radius 2 is 1.94 bits per heavy atom. The summed E-state index contributed by atoms with van der Waals surface area (Å²) in [6, 6.07) is -0.0493. The van der Waals surface area contributed by atoms with Gasteiger partial charge in [0.1, 0.15) is 0 Å². The molecule has 0 rings (SSSR count). The Bertz CT molecular complexity index is 207. The quantitative estimate of drug-likeness (QED) is 0.574. The minimum absolute atomic E-state index is 0.00863. The number of rotatable bonds is 9. The predicted molar refractivity (Wildman–Crippen MR) is 70.6 cm³/mol. The molecule has 0 bridgehead atoms. The number of hydrogen-bond acceptors (Lipinski definition) is 3. The maximum absolute atomic E-state index is 11.7. The second-order valence-electron chi connectivity index (χ2n) is 4.89. The first-order chi connectivity index (χ1) is 8.03. The summed E-state index contributed by atoms with van der Waals surface area (Å²) in [5.74, 6) is -0.00863. The van der Waals surface area contributed by atoms with Crippen molar-refractivity contribution in [1.29, 1.82) is 0 Å². The van der Waals surface area contributed by atoms with E-state index in [0.29, 0.717) is 13.0 Å². The van der Waals surface area contributed by atoms with Crippen molar-refractivity contribution in [3.63, 3.8) is 0 Å². The standard InChI is InChI=1S/C13H28N2O2/c1-4-7-11(14)8-12(17)15-9-13(5-2,6-3)10-16/h11,16H,4-10,14H2,1-3H3,(H,15,17). The van der Waals surface area contributed by atoms with Crippen LogP contribution in [0, 0.1) is 5.41 Å². The number of nitrogens with two attached hydrogens (primary N) is 1. The highest BCUT2D eigenvalue weighted by molar-refractivity contribution is 5.76. The van der Waals surface area contributed by atoms with Crippen molar-refractivity contribution in [2.24, 2.45) is 11.1 Å². The minimum Gasteiger partial charge on any atom is -0.396 e. The summed E-state index contributed by atoms with van der Waals surface area (Å²) >= 11 is 0. The summed E-state index contributed by atoms with van der Waals surface area (Å²) in [5, 5.41) is 12.3. The van der Waals surface area contributed by atoms with Crippen molar-refractivity contribution in [3.05, 3.63) is 0 Å². The summed E-state index contributed by atoms with van der Waals surface area (Å²) in [6.07, 6.45) is 3.98. The van der Waals surface area contributed by atoms with Gasteiger partial charge in [-0.1, -0.05) is 27.2 Å². The Morgan fingerprint density at radius 3 is 2.35 bits per heavy atom. The van der Waals surface area contributed by atoms with Crippen LogP contribution in [0.2, 0.25) is 0 Å². The van der Waals surface area contributed by atoms with Crippen LogP contribution in [0.25, 0.3) is 0 Å². The average molecular weight is 244 g/mol. The van der Waals surface area contributed by atoms with Crippen LogP contribution in [0.15, 0.2) is 0 Å². The Kier molecular flexibility index (Phi) is 8.17. The van der Waals surface area contributed by atoms with Gasteiger partial charge < -0.3 is 16.2 Å². The van der Waals surface area contributed by atoms with E-state index in [1.807, 2.05) is 13.8 Å². The van der Waals surface area contributed by atoms with Crippen LogP contribution in [0.4, 0.5) is 0 Å². The zero-order valence-corrected chi connectivity index (χ0v) is 11.5. The van der Waals surface area contributed by atoms with E-state index >= 15 is 0 Å². The molecule has 0 aliphatic carbocycles. The van der Waals surface area contributed by atoms with Gasteiger partial charge in [0, 0.05) is 24.4 Å². The van der Waals surface area contributed by atoms with Gasteiger partial charge in [-0.2, -0.15) is 0 Å². The van der Waals surface area contributed by atoms with Crippen molar-refractivity contribution in [2.45, 2.75) is 58.9 Å². The van der Waals surface area contributed by atoms with Gasteiger partial charge in [0.05, 0.1) is 6.61 Å². The lowest BCUT2D eigenvalue weighted by atomic mass is 9.83. The fraction of sp³-hybridized carbons (Fsp3) is 0.923. The average Bonchev–Trinajstić information content (AvgIpc) is 2.32. The molecular weight excluding hydrogens is 216 g/mol. The normalized spacial score (nSPS) is 13.5. The van der Waals surface area contributed by atoms with Gasteiger partial charge in [0.25, 0.3) is 0 Å². The van der Waals surface area contributed by atoms with Gasteiger partial charge >= 0.3 is 0 Å². The number of aliphatic hydroxyl groups excluding tert-OH is 1. The van der Waals surface area contributed by atoms with Crippen LogP contribution in [0.3, 0.4) is 0 Å². The highest BCUT2D eigenvalue weighted by Gasteiger charge is 2.25. The van der Waals surface area contributed by atoms with Crippen molar-refractivity contribution in [3.8, 4) is 0 Å². The SMILES string of the molecule is CCCC(N)CC(=O)NCC(CC)(CC)CO. The van der Waals surface area contributed by atoms with Gasteiger partial charge in [-0.15, -0.1) is 0 Å². The van der Waals surface area contributed by atoms with Crippen LogP contribution in [0.1, 0.15) is 52.9 Å². The largest absolute Gasteiger partial charge is 0.396 e. The molecule has 0 aromatic rings. The Balaban J connectivity index is 4.04. The molecule has 1 unspecified atom stereocenters. The maximum Gasteiger partial charge on any atom is 0.221 e. The first-order valence-corrected chi connectivity index (χ1v) is 6.66. The van der Waals surface area contributed by atoms with Gasteiger partial charge in [0.2, 0.25) is 5.91 Å². The third-order valence-electron chi connectivity index (χ3n) is 3.60. The van der Waals surface area contributed by atoms with E-state index in [9.17, 15) is 9.90 Å². The van der Waals surface area contributed by atoms with Crippen LogP contribution >= 0.6 is 0 Å². The highest BCUT2D eigenvalue weighted by Crippen LogP contribution is 2.24. The van der Waals surface area contributed by atoms with E-state index in [4.69, 9.17) is 5.73 Å². The Labute approximate surface area is 105 Å². The third kappa shape index (κ3) is 6.03. The van der Waals surface area contributed by atoms with Crippen LogP contribution < -0.4 is 11.1 Å². The summed E-state index contributed by atoms with van der Waals surface area (Å²) in [4.78, 5) is 11.7. The van der Waals surface area contributed by atoms with E-state index in [2.05, 4.69) is 12.2 Å². The molecule has 0 saturated carbocycles. The van der Waals surface area contributed by atoms with E-state index in [1.54, 1.807) is 0 Å². The molecule has 0 heterocycles. The van der Waals surface area contributed by atoms with E-state index in [-0.39, 0.29) is 24.0 Å². The van der Waals surface area contributed by atoms with Crippen LogP contribution in [0.5, 0.6) is 0 Å². The number of nitrogens with one attached hydrogen (secondary N) is 1. The van der Waals surface area contributed by atoms with Crippen LogP contribution in [-0.2, 0) is 4.79 Å². The number of carbonyl (C=O) groups is 1. The molecule has 4 N–H and O–H groups in total. The molecule has 1 atom stereocenters. The molecule has 4 nitrogen and oxygen atoms in total.